The summed E-state index contributed by atoms with van der Waals surface area (Å²) in [7, 11) is -3.51. The number of morpholine rings is 1. The fourth-order valence-corrected chi connectivity index (χ4v) is 5.07. The minimum Gasteiger partial charge on any atom is -0.486 e. The summed E-state index contributed by atoms with van der Waals surface area (Å²) >= 11 is 0. The molecule has 0 amide bonds. The van der Waals surface area contributed by atoms with Crippen LogP contribution in [0.1, 0.15) is 0 Å². The van der Waals surface area contributed by atoms with Crippen LogP contribution in [0, 0.1) is 0 Å². The molecule has 0 atom stereocenters. The zero-order valence-corrected chi connectivity index (χ0v) is 16.3. The van der Waals surface area contributed by atoms with Crippen molar-refractivity contribution in [2.75, 3.05) is 78.8 Å². The van der Waals surface area contributed by atoms with Crippen LogP contribution >= 0.6 is 0 Å². The Morgan fingerprint density at radius 1 is 0.778 bits per heavy atom. The molecule has 27 heavy (non-hydrogen) atoms. The quantitative estimate of drug-likeness (QED) is 0.698. The maximum Gasteiger partial charge on any atom is 0.243 e. The lowest BCUT2D eigenvalue weighted by molar-refractivity contribution is 0.0317. The minimum absolute atomic E-state index is 0.272. The first kappa shape index (κ1) is 18.9. The number of benzene rings is 1. The third-order valence-electron chi connectivity index (χ3n) is 5.32. The lowest BCUT2D eigenvalue weighted by atomic mass is 10.3. The number of fused-ring (bicyclic) bond motifs is 1. The van der Waals surface area contributed by atoms with E-state index in [0.29, 0.717) is 37.8 Å². The van der Waals surface area contributed by atoms with Crippen molar-refractivity contribution in [3.63, 3.8) is 0 Å². The fourth-order valence-electron chi connectivity index (χ4n) is 3.63. The summed E-state index contributed by atoms with van der Waals surface area (Å²) in [5.41, 5.74) is 0. The van der Waals surface area contributed by atoms with E-state index >= 15 is 0 Å². The topological polar surface area (TPSA) is 71.6 Å². The molecule has 0 aliphatic carbocycles. The van der Waals surface area contributed by atoms with Crippen LogP contribution in [0.2, 0.25) is 0 Å². The van der Waals surface area contributed by atoms with E-state index in [1.54, 1.807) is 22.5 Å². The predicted molar refractivity (Wildman–Crippen MR) is 99.9 cm³/mol. The second-order valence-corrected chi connectivity index (χ2v) is 8.94. The van der Waals surface area contributed by atoms with Gasteiger partial charge in [0, 0.05) is 58.4 Å². The van der Waals surface area contributed by atoms with Crippen molar-refractivity contribution < 1.29 is 22.6 Å². The first-order chi connectivity index (χ1) is 13.1. The molecule has 0 bridgehead atoms. The Kier molecular flexibility index (Phi) is 5.84. The Balaban J connectivity index is 1.33. The zero-order chi connectivity index (χ0) is 18.7. The smallest absolute Gasteiger partial charge is 0.243 e. The van der Waals surface area contributed by atoms with E-state index in [1.165, 1.54) is 0 Å². The van der Waals surface area contributed by atoms with Gasteiger partial charge in [-0.05, 0) is 12.1 Å². The molecule has 0 spiro atoms. The van der Waals surface area contributed by atoms with Crippen LogP contribution in [0.3, 0.4) is 0 Å². The summed E-state index contributed by atoms with van der Waals surface area (Å²) in [5.74, 6) is 1.11. The standard InChI is InChI=1S/C18H27N3O5S/c22-27(23,16-1-2-17-18(15-16)26-14-13-25-17)21-7-5-19(6-8-21)3-4-20-9-11-24-12-10-20/h1-2,15H,3-14H2. The van der Waals surface area contributed by atoms with Gasteiger partial charge >= 0.3 is 0 Å². The molecule has 1 aromatic rings. The molecule has 0 saturated carbocycles. The Morgan fingerprint density at radius 2 is 1.41 bits per heavy atom. The number of rotatable bonds is 5. The number of hydrogen-bond donors (Lipinski definition) is 0. The summed E-state index contributed by atoms with van der Waals surface area (Å²) in [6, 6.07) is 4.86. The van der Waals surface area contributed by atoms with Crippen LogP contribution in [-0.2, 0) is 14.8 Å². The molecule has 0 N–H and O–H groups in total. The SMILES string of the molecule is O=S(=O)(c1ccc2c(c1)OCCO2)N1CCN(CCN2CCOCC2)CC1. The lowest BCUT2D eigenvalue weighted by Crippen LogP contribution is -2.50. The van der Waals surface area contributed by atoms with Crippen molar-refractivity contribution in [2.24, 2.45) is 0 Å². The predicted octanol–water partition coefficient (Wildman–Crippen LogP) is 0.0963. The molecule has 1 aromatic carbocycles. The van der Waals surface area contributed by atoms with Crippen molar-refractivity contribution in [3.05, 3.63) is 18.2 Å². The number of nitrogens with zero attached hydrogens (tertiary/aromatic N) is 3. The maximum absolute atomic E-state index is 13.0. The van der Waals surface area contributed by atoms with Crippen LogP contribution in [0.15, 0.2) is 23.1 Å². The number of sulfonamides is 1. The molecule has 8 nitrogen and oxygen atoms in total. The van der Waals surface area contributed by atoms with Crippen molar-refractivity contribution in [1.82, 2.24) is 14.1 Å². The van der Waals surface area contributed by atoms with Crippen LogP contribution in [0.5, 0.6) is 11.5 Å². The average molecular weight is 397 g/mol. The Morgan fingerprint density at radius 3 is 2.11 bits per heavy atom. The zero-order valence-electron chi connectivity index (χ0n) is 15.5. The van der Waals surface area contributed by atoms with E-state index in [0.717, 1.165) is 52.5 Å². The van der Waals surface area contributed by atoms with E-state index in [2.05, 4.69) is 9.80 Å². The summed E-state index contributed by atoms with van der Waals surface area (Å²) in [4.78, 5) is 5.01. The van der Waals surface area contributed by atoms with Crippen LogP contribution in [0.25, 0.3) is 0 Å². The van der Waals surface area contributed by atoms with Crippen LogP contribution < -0.4 is 9.47 Å². The Hall–Kier alpha value is -1.39. The van der Waals surface area contributed by atoms with Gasteiger partial charge in [0.2, 0.25) is 10.0 Å². The summed E-state index contributed by atoms with van der Waals surface area (Å²) in [6.07, 6.45) is 0. The van der Waals surface area contributed by atoms with Gasteiger partial charge in [-0.1, -0.05) is 0 Å². The van der Waals surface area contributed by atoms with Gasteiger partial charge in [-0.2, -0.15) is 4.31 Å². The first-order valence-electron chi connectivity index (χ1n) is 9.55. The molecular weight excluding hydrogens is 370 g/mol. The Labute approximate surface area is 160 Å². The van der Waals surface area contributed by atoms with Crippen molar-refractivity contribution in [3.8, 4) is 11.5 Å². The number of piperazine rings is 1. The molecule has 3 aliphatic rings. The van der Waals surface area contributed by atoms with Gasteiger partial charge in [0.15, 0.2) is 11.5 Å². The van der Waals surface area contributed by atoms with E-state index in [4.69, 9.17) is 14.2 Å². The van der Waals surface area contributed by atoms with E-state index in [1.807, 2.05) is 0 Å². The summed E-state index contributed by atoms with van der Waals surface area (Å²) < 4.78 is 43.9. The summed E-state index contributed by atoms with van der Waals surface area (Å²) in [5, 5.41) is 0. The number of hydrogen-bond acceptors (Lipinski definition) is 7. The van der Waals surface area contributed by atoms with E-state index in [-0.39, 0.29) is 4.90 Å². The Bertz CT molecular complexity index is 743. The molecule has 0 aromatic heterocycles. The molecule has 3 aliphatic heterocycles. The van der Waals surface area contributed by atoms with E-state index in [9.17, 15) is 8.42 Å². The van der Waals surface area contributed by atoms with Gasteiger partial charge < -0.3 is 14.2 Å². The second kappa shape index (κ2) is 8.32. The highest BCUT2D eigenvalue weighted by Gasteiger charge is 2.29. The van der Waals surface area contributed by atoms with Crippen molar-refractivity contribution in [2.45, 2.75) is 4.90 Å². The molecule has 9 heteroatoms. The molecule has 2 saturated heterocycles. The molecule has 150 valence electrons. The van der Waals surface area contributed by atoms with Gasteiger partial charge in [0.1, 0.15) is 13.2 Å². The van der Waals surface area contributed by atoms with Crippen molar-refractivity contribution >= 4 is 10.0 Å². The number of ether oxygens (including phenoxy) is 3. The molecule has 2 fully saturated rings. The van der Waals surface area contributed by atoms with Crippen LogP contribution in [0.4, 0.5) is 0 Å². The minimum atomic E-state index is -3.51. The average Bonchev–Trinajstić information content (AvgIpc) is 2.73. The second-order valence-electron chi connectivity index (χ2n) is 7.01. The van der Waals surface area contributed by atoms with Crippen LogP contribution in [-0.4, -0.2) is 101 Å². The highest BCUT2D eigenvalue weighted by molar-refractivity contribution is 7.89. The van der Waals surface area contributed by atoms with Gasteiger partial charge in [-0.3, -0.25) is 9.80 Å². The lowest BCUT2D eigenvalue weighted by Gasteiger charge is -2.35. The van der Waals surface area contributed by atoms with E-state index < -0.39 is 10.0 Å². The van der Waals surface area contributed by atoms with Gasteiger partial charge in [0.05, 0.1) is 18.1 Å². The maximum atomic E-state index is 13.0. The third-order valence-corrected chi connectivity index (χ3v) is 7.21. The summed E-state index contributed by atoms with van der Waals surface area (Å²) in [6.45, 7) is 9.04. The highest BCUT2D eigenvalue weighted by Crippen LogP contribution is 2.33. The van der Waals surface area contributed by atoms with Gasteiger partial charge in [0.25, 0.3) is 0 Å². The molecule has 0 unspecified atom stereocenters. The first-order valence-corrected chi connectivity index (χ1v) is 11.0. The molecular formula is C18H27N3O5S. The third kappa shape index (κ3) is 4.38. The molecule has 0 radical (unpaired) electrons. The molecule has 3 heterocycles. The monoisotopic (exact) mass is 397 g/mol. The van der Waals surface area contributed by atoms with Gasteiger partial charge in [-0.25, -0.2) is 8.42 Å². The largest absolute Gasteiger partial charge is 0.486 e. The van der Waals surface area contributed by atoms with Crippen molar-refractivity contribution in [1.29, 1.82) is 0 Å². The van der Waals surface area contributed by atoms with Gasteiger partial charge in [-0.15, -0.1) is 0 Å². The fraction of sp³-hybridized carbons (Fsp3) is 0.667. The highest BCUT2D eigenvalue weighted by atomic mass is 32.2. The normalized spacial score (nSPS) is 22.7. The molecule has 4 rings (SSSR count).